The molecule has 0 saturated carbocycles. The molecule has 1 unspecified atom stereocenters. The summed E-state index contributed by atoms with van der Waals surface area (Å²) in [5, 5.41) is 8.51. The molecular weight excluding hydrogens is 164 g/mol. The van der Waals surface area contributed by atoms with Crippen LogP contribution in [-0.4, -0.2) is 6.61 Å². The van der Waals surface area contributed by atoms with Crippen molar-refractivity contribution in [3.8, 4) is 11.8 Å². The second-order valence-corrected chi connectivity index (χ2v) is 2.91. The van der Waals surface area contributed by atoms with Gasteiger partial charge in [0, 0.05) is 5.69 Å². The summed E-state index contributed by atoms with van der Waals surface area (Å²) in [7, 11) is 0. The van der Waals surface area contributed by atoms with Gasteiger partial charge in [-0.2, -0.15) is 5.26 Å². The van der Waals surface area contributed by atoms with Crippen LogP contribution in [-0.2, 0) is 0 Å². The second-order valence-electron chi connectivity index (χ2n) is 2.91. The van der Waals surface area contributed by atoms with Crippen molar-refractivity contribution < 1.29 is 4.74 Å². The molecule has 0 spiro atoms. The van der Waals surface area contributed by atoms with Crippen LogP contribution >= 0.6 is 0 Å². The highest BCUT2D eigenvalue weighted by Gasteiger charge is 1.99. The SMILES string of the molecule is CC(C#N)COc1ccc(N)cc1. The normalized spacial score (nSPS) is 11.7. The molecule has 0 aliphatic carbocycles. The molecule has 0 amide bonds. The van der Waals surface area contributed by atoms with Crippen LogP contribution in [0.15, 0.2) is 24.3 Å². The van der Waals surface area contributed by atoms with E-state index in [1.807, 2.05) is 6.92 Å². The number of hydrogen-bond acceptors (Lipinski definition) is 3. The Morgan fingerprint density at radius 3 is 2.62 bits per heavy atom. The maximum absolute atomic E-state index is 8.51. The molecular formula is C10H12N2O. The molecule has 0 aliphatic rings. The summed E-state index contributed by atoms with van der Waals surface area (Å²) in [4.78, 5) is 0. The molecule has 3 heteroatoms. The number of hydrogen-bond donors (Lipinski definition) is 1. The van der Waals surface area contributed by atoms with E-state index in [9.17, 15) is 0 Å². The Morgan fingerprint density at radius 1 is 1.46 bits per heavy atom. The number of nitrogens with zero attached hydrogens (tertiary/aromatic N) is 1. The van der Waals surface area contributed by atoms with Gasteiger partial charge in [0.1, 0.15) is 12.4 Å². The van der Waals surface area contributed by atoms with Crippen LogP contribution < -0.4 is 10.5 Å². The third-order valence-electron chi connectivity index (χ3n) is 1.60. The number of rotatable bonds is 3. The fourth-order valence-electron chi connectivity index (χ4n) is 0.823. The van der Waals surface area contributed by atoms with Crippen molar-refractivity contribution in [2.24, 2.45) is 5.92 Å². The van der Waals surface area contributed by atoms with Gasteiger partial charge in [-0.1, -0.05) is 0 Å². The van der Waals surface area contributed by atoms with Crippen LogP contribution in [0.3, 0.4) is 0 Å². The van der Waals surface area contributed by atoms with Crippen molar-refractivity contribution in [3.05, 3.63) is 24.3 Å². The van der Waals surface area contributed by atoms with Gasteiger partial charge < -0.3 is 10.5 Å². The number of anilines is 1. The van der Waals surface area contributed by atoms with Gasteiger partial charge in [-0.3, -0.25) is 0 Å². The standard InChI is InChI=1S/C10H12N2O/c1-8(6-11)7-13-10-4-2-9(12)3-5-10/h2-5,8H,7,12H2,1H3. The lowest BCUT2D eigenvalue weighted by atomic mass is 10.2. The van der Waals surface area contributed by atoms with Crippen LogP contribution in [0.4, 0.5) is 5.69 Å². The maximum Gasteiger partial charge on any atom is 0.119 e. The van der Waals surface area contributed by atoms with E-state index in [0.29, 0.717) is 12.3 Å². The van der Waals surface area contributed by atoms with Crippen LogP contribution in [0.5, 0.6) is 5.75 Å². The van der Waals surface area contributed by atoms with E-state index in [4.69, 9.17) is 15.7 Å². The first kappa shape index (κ1) is 9.40. The van der Waals surface area contributed by atoms with Crippen molar-refractivity contribution in [2.75, 3.05) is 12.3 Å². The first-order valence-electron chi connectivity index (χ1n) is 4.10. The molecule has 0 radical (unpaired) electrons. The Morgan fingerprint density at radius 2 is 2.08 bits per heavy atom. The Hall–Kier alpha value is -1.69. The van der Waals surface area contributed by atoms with Gasteiger partial charge in [-0.05, 0) is 31.2 Å². The van der Waals surface area contributed by atoms with Crippen molar-refractivity contribution in [3.63, 3.8) is 0 Å². The quantitative estimate of drug-likeness (QED) is 0.714. The van der Waals surface area contributed by atoms with Crippen molar-refractivity contribution >= 4 is 5.69 Å². The second kappa shape index (κ2) is 4.36. The minimum atomic E-state index is -0.0856. The third kappa shape index (κ3) is 3.04. The van der Waals surface area contributed by atoms with E-state index in [1.54, 1.807) is 24.3 Å². The topological polar surface area (TPSA) is 59.0 Å². The first-order chi connectivity index (χ1) is 6.22. The van der Waals surface area contributed by atoms with E-state index < -0.39 is 0 Å². The Labute approximate surface area is 77.7 Å². The van der Waals surface area contributed by atoms with Gasteiger partial charge in [0.25, 0.3) is 0 Å². The zero-order valence-corrected chi connectivity index (χ0v) is 7.53. The summed E-state index contributed by atoms with van der Waals surface area (Å²) in [6.45, 7) is 2.23. The molecule has 13 heavy (non-hydrogen) atoms. The molecule has 1 aromatic rings. The van der Waals surface area contributed by atoms with Crippen LogP contribution in [0.25, 0.3) is 0 Å². The molecule has 1 aromatic carbocycles. The van der Waals surface area contributed by atoms with Crippen molar-refractivity contribution in [2.45, 2.75) is 6.92 Å². The average Bonchev–Trinajstić information content (AvgIpc) is 2.16. The number of ether oxygens (including phenoxy) is 1. The average molecular weight is 176 g/mol. The number of nitriles is 1. The lowest BCUT2D eigenvalue weighted by molar-refractivity contribution is 0.288. The zero-order chi connectivity index (χ0) is 9.68. The molecule has 0 heterocycles. The summed E-state index contributed by atoms with van der Waals surface area (Å²) in [5.41, 5.74) is 6.21. The van der Waals surface area contributed by atoms with Crippen LogP contribution in [0, 0.1) is 17.2 Å². The molecule has 0 fully saturated rings. The van der Waals surface area contributed by atoms with Crippen LogP contribution in [0.1, 0.15) is 6.92 Å². The summed E-state index contributed by atoms with van der Waals surface area (Å²) in [6.07, 6.45) is 0. The Bertz CT molecular complexity index is 300. The van der Waals surface area contributed by atoms with E-state index >= 15 is 0 Å². The highest BCUT2D eigenvalue weighted by molar-refractivity contribution is 5.41. The molecule has 1 rings (SSSR count). The summed E-state index contributed by atoms with van der Waals surface area (Å²) < 4.78 is 5.34. The van der Waals surface area contributed by atoms with Gasteiger partial charge in [0.2, 0.25) is 0 Å². The summed E-state index contributed by atoms with van der Waals surface area (Å²) in [6, 6.07) is 9.22. The van der Waals surface area contributed by atoms with E-state index in [0.717, 1.165) is 5.75 Å². The molecule has 0 saturated heterocycles. The monoisotopic (exact) mass is 176 g/mol. The fourth-order valence-corrected chi connectivity index (χ4v) is 0.823. The van der Waals surface area contributed by atoms with Gasteiger partial charge in [0.05, 0.1) is 12.0 Å². The van der Waals surface area contributed by atoms with Crippen molar-refractivity contribution in [1.82, 2.24) is 0 Å². The highest BCUT2D eigenvalue weighted by Crippen LogP contribution is 2.13. The fraction of sp³-hybridized carbons (Fsp3) is 0.300. The molecule has 68 valence electrons. The third-order valence-corrected chi connectivity index (χ3v) is 1.60. The van der Waals surface area contributed by atoms with Gasteiger partial charge in [-0.25, -0.2) is 0 Å². The van der Waals surface area contributed by atoms with Gasteiger partial charge in [0.15, 0.2) is 0 Å². The van der Waals surface area contributed by atoms with Gasteiger partial charge >= 0.3 is 0 Å². The smallest absolute Gasteiger partial charge is 0.119 e. The summed E-state index contributed by atoms with van der Waals surface area (Å²) >= 11 is 0. The number of benzene rings is 1. The molecule has 0 bridgehead atoms. The lowest BCUT2D eigenvalue weighted by Crippen LogP contribution is -2.05. The largest absolute Gasteiger partial charge is 0.492 e. The van der Waals surface area contributed by atoms with E-state index in [1.165, 1.54) is 0 Å². The zero-order valence-electron chi connectivity index (χ0n) is 7.53. The predicted octanol–water partition coefficient (Wildman–Crippen LogP) is 1.81. The van der Waals surface area contributed by atoms with Crippen molar-refractivity contribution in [1.29, 1.82) is 5.26 Å². The number of nitrogens with two attached hydrogens (primary N) is 1. The Balaban J connectivity index is 2.47. The predicted molar refractivity (Wildman–Crippen MR) is 51.1 cm³/mol. The van der Waals surface area contributed by atoms with E-state index in [2.05, 4.69) is 6.07 Å². The number of nitrogen functional groups attached to an aromatic ring is 1. The van der Waals surface area contributed by atoms with E-state index in [-0.39, 0.29) is 5.92 Å². The van der Waals surface area contributed by atoms with Gasteiger partial charge in [-0.15, -0.1) is 0 Å². The molecule has 2 N–H and O–H groups in total. The molecule has 0 aliphatic heterocycles. The molecule has 1 atom stereocenters. The molecule has 0 aromatic heterocycles. The summed E-state index contributed by atoms with van der Waals surface area (Å²) in [5.74, 6) is 0.661. The molecule has 3 nitrogen and oxygen atoms in total. The maximum atomic E-state index is 8.51. The van der Waals surface area contributed by atoms with Crippen LogP contribution in [0.2, 0.25) is 0 Å². The minimum Gasteiger partial charge on any atom is -0.492 e. The highest BCUT2D eigenvalue weighted by atomic mass is 16.5. The minimum absolute atomic E-state index is 0.0856. The Kier molecular flexibility index (Phi) is 3.15. The first-order valence-corrected chi connectivity index (χ1v) is 4.10. The lowest BCUT2D eigenvalue weighted by Gasteiger charge is -2.06.